The highest BCUT2D eigenvalue weighted by Gasteiger charge is 2.25. The van der Waals surface area contributed by atoms with E-state index in [0.717, 1.165) is 34.5 Å². The average molecular weight is 637 g/mol. The normalized spacial score (nSPS) is 12.3. The van der Waals surface area contributed by atoms with E-state index in [0.29, 0.717) is 5.82 Å². The van der Waals surface area contributed by atoms with Gasteiger partial charge in [-0.15, -0.1) is 0 Å². The number of aromatic nitrogens is 4. The van der Waals surface area contributed by atoms with E-state index >= 15 is 0 Å². The van der Waals surface area contributed by atoms with Gasteiger partial charge in [0.25, 0.3) is 0 Å². The number of nitrogens with zero attached hydrogens (tertiary/aromatic N) is 4. The standard InChI is InChI=1S/C46H28N4/c1-2-10-28(11-3-1)46-48-41(26-42(49-46)31-12-9-21-47-27-31)30-20-19-29-22-38-33(15-8-16-34(38)37(29)23-30)32-24-39-35-13-4-6-17-43(35)50-44-18-7-5-14-36(44)40(25-32)45(39)50/h1-21,23-27H,22H2. The Balaban J connectivity index is 1.08. The molecule has 0 aliphatic heterocycles. The highest BCUT2D eigenvalue weighted by atomic mass is 14.9. The third kappa shape index (κ3) is 3.96. The van der Waals surface area contributed by atoms with E-state index in [1.54, 1.807) is 6.20 Å². The van der Waals surface area contributed by atoms with E-state index in [9.17, 15) is 0 Å². The lowest BCUT2D eigenvalue weighted by Gasteiger charge is -2.11. The van der Waals surface area contributed by atoms with Gasteiger partial charge in [0, 0.05) is 50.6 Å². The zero-order chi connectivity index (χ0) is 32.8. The van der Waals surface area contributed by atoms with Gasteiger partial charge in [0.05, 0.1) is 27.9 Å². The number of rotatable bonds is 4. The van der Waals surface area contributed by atoms with E-state index in [1.165, 1.54) is 71.5 Å². The lowest BCUT2D eigenvalue weighted by Crippen LogP contribution is -1.96. The molecule has 4 nitrogen and oxygen atoms in total. The van der Waals surface area contributed by atoms with Gasteiger partial charge in [-0.2, -0.15) is 0 Å². The maximum Gasteiger partial charge on any atom is 0.160 e. The first-order valence-corrected chi connectivity index (χ1v) is 17.1. The predicted octanol–water partition coefficient (Wildman–Crippen LogP) is 11.3. The zero-order valence-corrected chi connectivity index (χ0v) is 27.0. The Labute approximate surface area is 288 Å². The fourth-order valence-corrected chi connectivity index (χ4v) is 8.21. The lowest BCUT2D eigenvalue weighted by atomic mass is 9.93. The van der Waals surface area contributed by atoms with Gasteiger partial charge in [0.2, 0.25) is 0 Å². The first-order valence-electron chi connectivity index (χ1n) is 17.1. The molecule has 0 N–H and O–H groups in total. The van der Waals surface area contributed by atoms with E-state index in [2.05, 4.69) is 131 Å². The van der Waals surface area contributed by atoms with Crippen molar-refractivity contribution < 1.29 is 0 Å². The Bertz CT molecular complexity index is 2800. The van der Waals surface area contributed by atoms with Gasteiger partial charge in [-0.3, -0.25) is 4.98 Å². The first kappa shape index (κ1) is 27.3. The highest BCUT2D eigenvalue weighted by Crippen LogP contribution is 2.46. The third-order valence-electron chi connectivity index (χ3n) is 10.5. The second-order valence-corrected chi connectivity index (χ2v) is 13.2. The molecular formula is C46H28N4. The van der Waals surface area contributed by atoms with Crippen LogP contribution in [0.4, 0.5) is 0 Å². The molecule has 4 heterocycles. The van der Waals surface area contributed by atoms with Crippen LogP contribution in [-0.4, -0.2) is 19.4 Å². The largest absolute Gasteiger partial charge is 0.308 e. The summed E-state index contributed by atoms with van der Waals surface area (Å²) < 4.78 is 2.45. The van der Waals surface area contributed by atoms with Crippen LogP contribution in [0.1, 0.15) is 11.1 Å². The van der Waals surface area contributed by atoms with Crippen LogP contribution in [0, 0.1) is 0 Å². The van der Waals surface area contributed by atoms with Gasteiger partial charge in [-0.1, -0.05) is 97.1 Å². The number of benzene rings is 6. The Hall–Kier alpha value is -6.65. The van der Waals surface area contributed by atoms with Crippen molar-refractivity contribution in [2.24, 2.45) is 0 Å². The Morgan fingerprint density at radius 1 is 0.460 bits per heavy atom. The highest BCUT2D eigenvalue weighted by molar-refractivity contribution is 6.24. The summed E-state index contributed by atoms with van der Waals surface area (Å²) in [5.74, 6) is 0.705. The molecular weight excluding hydrogens is 609 g/mol. The zero-order valence-electron chi connectivity index (χ0n) is 27.0. The average Bonchev–Trinajstić information content (AvgIpc) is 3.85. The van der Waals surface area contributed by atoms with Crippen LogP contribution < -0.4 is 0 Å². The van der Waals surface area contributed by atoms with Gasteiger partial charge in [0.1, 0.15) is 0 Å². The van der Waals surface area contributed by atoms with Gasteiger partial charge < -0.3 is 4.40 Å². The molecule has 10 aromatic rings. The molecule has 0 fully saturated rings. The van der Waals surface area contributed by atoms with Crippen molar-refractivity contribution in [1.82, 2.24) is 19.4 Å². The maximum atomic E-state index is 5.10. The Morgan fingerprint density at radius 2 is 1.14 bits per heavy atom. The minimum Gasteiger partial charge on any atom is -0.308 e. The van der Waals surface area contributed by atoms with Gasteiger partial charge in [-0.05, 0) is 88.3 Å². The summed E-state index contributed by atoms with van der Waals surface area (Å²) in [5.41, 5.74) is 16.5. The summed E-state index contributed by atoms with van der Waals surface area (Å²) in [4.78, 5) is 14.4. The maximum absolute atomic E-state index is 5.10. The molecule has 6 aromatic carbocycles. The van der Waals surface area contributed by atoms with E-state index in [4.69, 9.17) is 9.97 Å². The number of pyridine rings is 1. The van der Waals surface area contributed by atoms with Crippen LogP contribution in [0.25, 0.3) is 94.3 Å². The molecule has 11 rings (SSSR count). The van der Waals surface area contributed by atoms with Gasteiger partial charge >= 0.3 is 0 Å². The second-order valence-electron chi connectivity index (χ2n) is 13.2. The van der Waals surface area contributed by atoms with Crippen molar-refractivity contribution in [2.75, 3.05) is 0 Å². The minimum absolute atomic E-state index is 0.705. The molecule has 0 unspecified atom stereocenters. The third-order valence-corrected chi connectivity index (χ3v) is 10.5. The van der Waals surface area contributed by atoms with Crippen molar-refractivity contribution in [1.29, 1.82) is 0 Å². The Morgan fingerprint density at radius 3 is 1.88 bits per heavy atom. The molecule has 0 saturated heterocycles. The topological polar surface area (TPSA) is 43.1 Å². The number of hydrogen-bond donors (Lipinski definition) is 0. The number of para-hydroxylation sites is 2. The van der Waals surface area contributed by atoms with Crippen molar-refractivity contribution in [3.63, 3.8) is 0 Å². The Kier molecular flexibility index (Phi) is 5.69. The molecule has 0 radical (unpaired) electrons. The minimum atomic E-state index is 0.705. The lowest BCUT2D eigenvalue weighted by molar-refractivity contribution is 1.18. The van der Waals surface area contributed by atoms with Gasteiger partial charge in [-0.25, -0.2) is 9.97 Å². The monoisotopic (exact) mass is 636 g/mol. The van der Waals surface area contributed by atoms with Crippen molar-refractivity contribution in [3.05, 3.63) is 169 Å². The van der Waals surface area contributed by atoms with Crippen molar-refractivity contribution in [3.8, 4) is 56.2 Å². The van der Waals surface area contributed by atoms with Crippen LogP contribution in [0.15, 0.2) is 158 Å². The van der Waals surface area contributed by atoms with E-state index in [-0.39, 0.29) is 0 Å². The molecule has 0 bridgehead atoms. The summed E-state index contributed by atoms with van der Waals surface area (Å²) in [5, 5.41) is 5.21. The van der Waals surface area contributed by atoms with Crippen LogP contribution in [0.3, 0.4) is 0 Å². The fraction of sp³-hybridized carbons (Fsp3) is 0.0217. The van der Waals surface area contributed by atoms with Crippen molar-refractivity contribution >= 4 is 38.1 Å². The molecule has 1 aliphatic rings. The second kappa shape index (κ2) is 10.4. The smallest absolute Gasteiger partial charge is 0.160 e. The number of fused-ring (bicyclic) bond motifs is 9. The molecule has 0 amide bonds. The van der Waals surface area contributed by atoms with Crippen LogP contribution >= 0.6 is 0 Å². The summed E-state index contributed by atoms with van der Waals surface area (Å²) in [7, 11) is 0. The first-order chi connectivity index (χ1) is 24.8. The summed E-state index contributed by atoms with van der Waals surface area (Å²) in [6.45, 7) is 0. The summed E-state index contributed by atoms with van der Waals surface area (Å²) in [6.07, 6.45) is 4.55. The SMILES string of the molecule is c1ccc(-c2nc(-c3cccnc3)cc(-c3ccc4c(c3)-c3cccc(-c5cc6c7ccccc7n7c8ccccc8c(c5)c67)c3C4)n2)cc1. The van der Waals surface area contributed by atoms with Crippen LogP contribution in [-0.2, 0) is 6.42 Å². The molecule has 4 aromatic heterocycles. The van der Waals surface area contributed by atoms with Crippen LogP contribution in [0.2, 0.25) is 0 Å². The van der Waals surface area contributed by atoms with Gasteiger partial charge in [0.15, 0.2) is 5.82 Å². The summed E-state index contributed by atoms with van der Waals surface area (Å²) >= 11 is 0. The molecule has 0 atom stereocenters. The van der Waals surface area contributed by atoms with Crippen LogP contribution in [0.5, 0.6) is 0 Å². The molecule has 4 heteroatoms. The van der Waals surface area contributed by atoms with E-state index < -0.39 is 0 Å². The molecule has 0 spiro atoms. The molecule has 1 aliphatic carbocycles. The molecule has 232 valence electrons. The molecule has 50 heavy (non-hydrogen) atoms. The van der Waals surface area contributed by atoms with E-state index in [1.807, 2.05) is 30.5 Å². The summed E-state index contributed by atoms with van der Waals surface area (Å²) in [6, 6.07) is 52.4. The van der Waals surface area contributed by atoms with Crippen molar-refractivity contribution in [2.45, 2.75) is 6.42 Å². The fourth-order valence-electron chi connectivity index (χ4n) is 8.21. The predicted molar refractivity (Wildman–Crippen MR) is 204 cm³/mol. The number of hydrogen-bond acceptors (Lipinski definition) is 3. The molecule has 0 saturated carbocycles. The quantitative estimate of drug-likeness (QED) is 0.193.